The maximum Gasteiger partial charge on any atom is 0.334 e. The predicted molar refractivity (Wildman–Crippen MR) is 46.4 cm³/mol. The van der Waals surface area contributed by atoms with E-state index in [1.165, 1.54) is 0 Å². The number of hydrogen-bond acceptors (Lipinski definition) is 4. The molecular weight excluding hydrogens is 156 g/mol. The Morgan fingerprint density at radius 1 is 1.42 bits per heavy atom. The maximum absolute atomic E-state index is 9.06. The summed E-state index contributed by atoms with van der Waals surface area (Å²) in [7, 11) is 3.73. The average Bonchev–Trinajstić information content (AvgIpc) is 2.31. The third-order valence-electron chi connectivity index (χ3n) is 1.49. The summed E-state index contributed by atoms with van der Waals surface area (Å²) < 4.78 is 1.68. The largest absolute Gasteiger partial charge is 0.478 e. The first-order valence-electron chi connectivity index (χ1n) is 3.85. The van der Waals surface area contributed by atoms with Crippen LogP contribution in [0, 0.1) is 0 Å². The van der Waals surface area contributed by atoms with E-state index < -0.39 is 0 Å². The maximum atomic E-state index is 9.06. The fourth-order valence-electron chi connectivity index (χ4n) is 0.955. The lowest BCUT2D eigenvalue weighted by Gasteiger charge is -2.14. The third-order valence-corrected chi connectivity index (χ3v) is 1.49. The van der Waals surface area contributed by atoms with Crippen LogP contribution in [0.5, 0.6) is 6.01 Å². The van der Waals surface area contributed by atoms with Gasteiger partial charge in [-0.3, -0.25) is 0 Å². The Bertz CT molecular complexity index is 241. The zero-order chi connectivity index (χ0) is 9.30. The Labute approximate surface area is 71.6 Å². The molecule has 1 rings (SSSR count). The van der Waals surface area contributed by atoms with Crippen molar-refractivity contribution in [2.75, 3.05) is 19.0 Å². The first kappa shape index (κ1) is 8.83. The van der Waals surface area contributed by atoms with Crippen LogP contribution in [-0.2, 0) is 0 Å². The van der Waals surface area contributed by atoms with Crippen LogP contribution in [0.3, 0.4) is 0 Å². The zero-order valence-electron chi connectivity index (χ0n) is 7.81. The van der Waals surface area contributed by atoms with E-state index >= 15 is 0 Å². The van der Waals surface area contributed by atoms with Crippen LogP contribution >= 0.6 is 0 Å². The normalized spacial score (nSPS) is 10.8. The van der Waals surface area contributed by atoms with Gasteiger partial charge in [0.05, 0.1) is 6.04 Å². The second-order valence-electron chi connectivity index (χ2n) is 3.14. The van der Waals surface area contributed by atoms with Crippen LogP contribution in [-0.4, -0.2) is 34.0 Å². The molecule has 12 heavy (non-hydrogen) atoms. The van der Waals surface area contributed by atoms with Crippen molar-refractivity contribution in [3.63, 3.8) is 0 Å². The van der Waals surface area contributed by atoms with E-state index in [4.69, 9.17) is 5.11 Å². The second-order valence-corrected chi connectivity index (χ2v) is 3.14. The summed E-state index contributed by atoms with van der Waals surface area (Å²) in [5, 5.41) is 12.9. The standard InChI is InChI=1S/C7H14N4O/c1-5(2)11-7(10(3)4)8-6(12)9-11/h5H,1-4H3,(H,9,12). The topological polar surface area (TPSA) is 54.2 Å². The molecule has 0 aliphatic carbocycles. The van der Waals surface area contributed by atoms with Crippen molar-refractivity contribution in [1.29, 1.82) is 0 Å². The molecule has 0 amide bonds. The molecule has 5 nitrogen and oxygen atoms in total. The molecule has 0 fully saturated rings. The fourth-order valence-corrected chi connectivity index (χ4v) is 0.955. The number of hydrogen-bond donors (Lipinski definition) is 1. The van der Waals surface area contributed by atoms with Crippen molar-refractivity contribution < 1.29 is 5.11 Å². The van der Waals surface area contributed by atoms with Crippen LogP contribution < -0.4 is 4.90 Å². The summed E-state index contributed by atoms with van der Waals surface area (Å²) in [6, 6.07) is 0.0307. The third kappa shape index (κ3) is 1.49. The van der Waals surface area contributed by atoms with Gasteiger partial charge in [0.2, 0.25) is 5.95 Å². The molecule has 0 bridgehead atoms. The van der Waals surface area contributed by atoms with E-state index in [1.807, 2.05) is 32.8 Å². The molecule has 0 atom stereocenters. The van der Waals surface area contributed by atoms with Gasteiger partial charge in [-0.1, -0.05) is 0 Å². The minimum Gasteiger partial charge on any atom is -0.478 e. The quantitative estimate of drug-likeness (QED) is 0.707. The van der Waals surface area contributed by atoms with Crippen LogP contribution in [0.15, 0.2) is 0 Å². The molecule has 1 heterocycles. The van der Waals surface area contributed by atoms with E-state index in [0.29, 0.717) is 5.95 Å². The summed E-state index contributed by atoms with van der Waals surface area (Å²) in [6.45, 7) is 3.97. The van der Waals surface area contributed by atoms with Gasteiger partial charge in [0.25, 0.3) is 0 Å². The molecule has 0 spiro atoms. The summed E-state index contributed by atoms with van der Waals surface area (Å²) in [6.07, 6.45) is 0. The van der Waals surface area contributed by atoms with Crippen LogP contribution in [0.4, 0.5) is 5.95 Å². The highest BCUT2D eigenvalue weighted by molar-refractivity contribution is 5.28. The molecule has 0 aliphatic heterocycles. The van der Waals surface area contributed by atoms with Crippen molar-refractivity contribution in [1.82, 2.24) is 14.8 Å². The molecule has 1 N–H and O–H groups in total. The first-order chi connectivity index (χ1) is 5.52. The van der Waals surface area contributed by atoms with Crippen LogP contribution in [0.25, 0.3) is 0 Å². The Morgan fingerprint density at radius 2 is 2.00 bits per heavy atom. The molecule has 0 saturated carbocycles. The molecule has 0 radical (unpaired) electrons. The van der Waals surface area contributed by atoms with Crippen molar-refractivity contribution in [3.8, 4) is 6.01 Å². The van der Waals surface area contributed by atoms with Crippen LogP contribution in [0.2, 0.25) is 0 Å². The number of rotatable bonds is 2. The van der Waals surface area contributed by atoms with Gasteiger partial charge in [-0.25, -0.2) is 4.68 Å². The number of nitrogens with zero attached hydrogens (tertiary/aromatic N) is 4. The van der Waals surface area contributed by atoms with Crippen molar-refractivity contribution in [2.45, 2.75) is 19.9 Å². The zero-order valence-corrected chi connectivity index (χ0v) is 7.81. The molecule has 0 saturated heterocycles. The van der Waals surface area contributed by atoms with Crippen molar-refractivity contribution in [3.05, 3.63) is 0 Å². The van der Waals surface area contributed by atoms with Crippen molar-refractivity contribution in [2.24, 2.45) is 0 Å². The molecule has 0 unspecified atom stereocenters. The Morgan fingerprint density at radius 3 is 2.33 bits per heavy atom. The highest BCUT2D eigenvalue weighted by atomic mass is 16.3. The van der Waals surface area contributed by atoms with Gasteiger partial charge in [0.15, 0.2) is 0 Å². The van der Waals surface area contributed by atoms with Crippen molar-refractivity contribution >= 4 is 5.95 Å². The minimum atomic E-state index is -0.174. The van der Waals surface area contributed by atoms with Gasteiger partial charge in [-0.15, -0.1) is 5.10 Å². The average molecular weight is 170 g/mol. The predicted octanol–water partition coefficient (Wildman–Crippen LogP) is 0.631. The summed E-state index contributed by atoms with van der Waals surface area (Å²) in [5.41, 5.74) is 0. The van der Waals surface area contributed by atoms with Gasteiger partial charge in [0, 0.05) is 14.1 Å². The van der Waals surface area contributed by atoms with Gasteiger partial charge in [-0.05, 0) is 13.8 Å². The van der Waals surface area contributed by atoms with E-state index in [9.17, 15) is 0 Å². The molecule has 1 aromatic heterocycles. The van der Waals surface area contributed by atoms with E-state index in [2.05, 4.69) is 10.1 Å². The minimum absolute atomic E-state index is 0.174. The fraction of sp³-hybridized carbons (Fsp3) is 0.714. The molecular formula is C7H14N4O. The summed E-state index contributed by atoms with van der Waals surface area (Å²) in [5.74, 6) is 0.669. The molecule has 68 valence electrons. The first-order valence-corrected chi connectivity index (χ1v) is 3.85. The monoisotopic (exact) mass is 170 g/mol. The van der Waals surface area contributed by atoms with Gasteiger partial charge in [0.1, 0.15) is 0 Å². The van der Waals surface area contributed by atoms with Gasteiger partial charge in [-0.2, -0.15) is 4.98 Å². The summed E-state index contributed by atoms with van der Waals surface area (Å²) >= 11 is 0. The van der Waals surface area contributed by atoms with E-state index in [1.54, 1.807) is 4.68 Å². The van der Waals surface area contributed by atoms with E-state index in [0.717, 1.165) is 0 Å². The Hall–Kier alpha value is -1.26. The van der Waals surface area contributed by atoms with Gasteiger partial charge < -0.3 is 10.0 Å². The number of anilines is 1. The lowest BCUT2D eigenvalue weighted by molar-refractivity contribution is 0.415. The van der Waals surface area contributed by atoms with Gasteiger partial charge >= 0.3 is 6.01 Å². The SMILES string of the molecule is CC(C)n1nc(O)nc1N(C)C. The lowest BCUT2D eigenvalue weighted by Crippen LogP contribution is -2.17. The number of aromatic hydroxyl groups is 1. The Kier molecular flexibility index (Phi) is 2.21. The molecule has 0 aliphatic rings. The highest BCUT2D eigenvalue weighted by Crippen LogP contribution is 2.16. The summed E-state index contributed by atoms with van der Waals surface area (Å²) in [4.78, 5) is 5.68. The highest BCUT2D eigenvalue weighted by Gasteiger charge is 2.12. The lowest BCUT2D eigenvalue weighted by atomic mass is 10.4. The number of aromatic nitrogens is 3. The molecule has 5 heteroatoms. The van der Waals surface area contributed by atoms with Crippen LogP contribution in [0.1, 0.15) is 19.9 Å². The second kappa shape index (κ2) is 3.00. The smallest absolute Gasteiger partial charge is 0.334 e. The molecule has 0 aromatic carbocycles. The molecule has 1 aromatic rings. The van der Waals surface area contributed by atoms with E-state index in [-0.39, 0.29) is 12.1 Å². The Balaban J connectivity index is 3.08.